The van der Waals surface area contributed by atoms with Gasteiger partial charge in [-0.25, -0.2) is 14.5 Å². The van der Waals surface area contributed by atoms with E-state index < -0.39 is 12.0 Å². The van der Waals surface area contributed by atoms with E-state index in [0.29, 0.717) is 30.3 Å². The molecule has 0 N–H and O–H groups in total. The van der Waals surface area contributed by atoms with Crippen LogP contribution in [0.1, 0.15) is 32.4 Å². The van der Waals surface area contributed by atoms with Crippen molar-refractivity contribution < 1.29 is 27.4 Å². The summed E-state index contributed by atoms with van der Waals surface area (Å²) in [5.41, 5.74) is 2.32. The van der Waals surface area contributed by atoms with E-state index in [1.54, 1.807) is 15.8 Å². The highest BCUT2D eigenvalue weighted by atomic mass is 19.4. The minimum absolute atomic E-state index is 0.0384. The number of alkyl halides is 3. The molecule has 1 amide bonds. The second-order valence-electron chi connectivity index (χ2n) is 10.4. The second-order valence-corrected chi connectivity index (χ2v) is 10.4. The van der Waals surface area contributed by atoms with Gasteiger partial charge in [-0.15, -0.1) is 19.8 Å². The molecular formula is C26H28F3N5O3. The summed E-state index contributed by atoms with van der Waals surface area (Å²) >= 11 is 0. The molecule has 2 saturated heterocycles. The first-order valence-electron chi connectivity index (χ1n) is 12.0. The van der Waals surface area contributed by atoms with E-state index in [1.165, 1.54) is 24.3 Å². The number of pyridine rings is 1. The highest BCUT2D eigenvalue weighted by molar-refractivity contribution is 5.94. The zero-order valence-electron chi connectivity index (χ0n) is 20.8. The number of amides is 1. The normalized spacial score (nSPS) is 16.9. The first-order valence-corrected chi connectivity index (χ1v) is 12.0. The van der Waals surface area contributed by atoms with Crippen LogP contribution in [-0.4, -0.2) is 63.9 Å². The first-order chi connectivity index (χ1) is 17.4. The molecule has 2 aliphatic rings. The smallest absolute Gasteiger partial charge is 0.444 e. The zero-order valence-corrected chi connectivity index (χ0v) is 20.8. The fourth-order valence-corrected chi connectivity index (χ4v) is 4.56. The van der Waals surface area contributed by atoms with Crippen molar-refractivity contribution in [2.45, 2.75) is 38.7 Å². The van der Waals surface area contributed by atoms with Gasteiger partial charge in [0, 0.05) is 44.2 Å². The molecule has 8 nitrogen and oxygen atoms in total. The maximum Gasteiger partial charge on any atom is 0.573 e. The van der Waals surface area contributed by atoms with Crippen molar-refractivity contribution in [3.8, 4) is 11.4 Å². The van der Waals surface area contributed by atoms with Gasteiger partial charge >= 0.3 is 12.5 Å². The van der Waals surface area contributed by atoms with E-state index in [0.717, 1.165) is 29.9 Å². The molecule has 1 aromatic carbocycles. The Morgan fingerprint density at radius 2 is 1.76 bits per heavy atom. The number of likely N-dealkylation sites (tertiary alicyclic amines) is 1. The van der Waals surface area contributed by atoms with E-state index in [9.17, 15) is 18.0 Å². The number of benzene rings is 1. The molecular weight excluding hydrogens is 487 g/mol. The van der Waals surface area contributed by atoms with Crippen molar-refractivity contribution in [2.75, 3.05) is 31.1 Å². The topological polar surface area (TPSA) is 72.7 Å². The van der Waals surface area contributed by atoms with Crippen molar-refractivity contribution in [1.29, 1.82) is 0 Å². The van der Waals surface area contributed by atoms with E-state index in [1.807, 2.05) is 32.9 Å². The molecule has 0 saturated carbocycles. The Morgan fingerprint density at radius 3 is 2.35 bits per heavy atom. The maximum atomic E-state index is 12.6. The molecule has 196 valence electrons. The summed E-state index contributed by atoms with van der Waals surface area (Å²) in [6.07, 6.45) is -1.50. The lowest BCUT2D eigenvalue weighted by atomic mass is 9.93. The zero-order chi connectivity index (χ0) is 26.5. The van der Waals surface area contributed by atoms with Crippen molar-refractivity contribution in [1.82, 2.24) is 19.7 Å². The second kappa shape index (κ2) is 8.97. The fraction of sp³-hybridized carbons (Fsp3) is 0.423. The fourth-order valence-electron chi connectivity index (χ4n) is 4.56. The van der Waals surface area contributed by atoms with Crippen LogP contribution in [0.15, 0.2) is 49.2 Å². The van der Waals surface area contributed by atoms with Crippen LogP contribution in [-0.2, 0) is 4.74 Å². The average molecular weight is 516 g/mol. The summed E-state index contributed by atoms with van der Waals surface area (Å²) in [6.45, 7) is 11.9. The van der Waals surface area contributed by atoms with Crippen LogP contribution in [0.2, 0.25) is 0 Å². The molecule has 4 heterocycles. The van der Waals surface area contributed by atoms with Gasteiger partial charge in [-0.05, 0) is 51.1 Å². The molecule has 0 spiro atoms. The number of rotatable bonds is 5. The third-order valence-corrected chi connectivity index (χ3v) is 6.39. The van der Waals surface area contributed by atoms with Gasteiger partial charge in [0.15, 0.2) is 5.65 Å². The molecule has 5 rings (SSSR count). The summed E-state index contributed by atoms with van der Waals surface area (Å²) in [5, 5.41) is 5.73. The number of carbonyl (C=O) groups excluding carboxylic acids is 1. The number of anilines is 1. The molecule has 0 bridgehead atoms. The average Bonchev–Trinajstić information content (AvgIpc) is 3.10. The molecule has 0 radical (unpaired) electrons. The summed E-state index contributed by atoms with van der Waals surface area (Å²) in [7, 11) is 0. The Kier molecular flexibility index (Phi) is 6.04. The molecule has 2 aliphatic heterocycles. The number of hydrogen-bond donors (Lipinski definition) is 0. The largest absolute Gasteiger partial charge is 0.573 e. The lowest BCUT2D eigenvalue weighted by Gasteiger charge is -2.41. The molecule has 3 aromatic rings. The lowest BCUT2D eigenvalue weighted by Crippen LogP contribution is -2.50. The molecule has 0 atom stereocenters. The number of fused-ring (bicyclic) bond motifs is 1. The number of aromatic nitrogens is 3. The van der Waals surface area contributed by atoms with E-state index in [-0.39, 0.29) is 17.8 Å². The van der Waals surface area contributed by atoms with Crippen LogP contribution < -0.4 is 9.64 Å². The standard InChI is InChI=1S/C26H28F3N5O3/c1-5-16-12-32(13-16)20-10-11-30-23-21(20)22(17-14-33(15-17)24(35)37-25(2,3)4)31-34(23)18-6-8-19(9-7-18)36-26(27,28)29/h5-11,16-17H,1,12-15H2,2-4H3. The monoisotopic (exact) mass is 515 g/mol. The number of nitrogens with zero attached hydrogens (tertiary/aromatic N) is 5. The predicted octanol–water partition coefficient (Wildman–Crippen LogP) is 5.28. The van der Waals surface area contributed by atoms with Crippen LogP contribution in [0.4, 0.5) is 23.7 Å². The quantitative estimate of drug-likeness (QED) is 0.431. The first kappa shape index (κ1) is 24.9. The molecule has 2 fully saturated rings. The summed E-state index contributed by atoms with van der Waals surface area (Å²) in [5.74, 6) is 0.0439. The number of ether oxygens (including phenoxy) is 2. The summed E-state index contributed by atoms with van der Waals surface area (Å²) in [4.78, 5) is 20.9. The highest BCUT2D eigenvalue weighted by Gasteiger charge is 2.39. The van der Waals surface area contributed by atoms with Crippen LogP contribution in [0.25, 0.3) is 16.7 Å². The lowest BCUT2D eigenvalue weighted by molar-refractivity contribution is -0.274. The summed E-state index contributed by atoms with van der Waals surface area (Å²) < 4.78 is 48.9. The van der Waals surface area contributed by atoms with Gasteiger partial charge in [-0.2, -0.15) is 5.10 Å². The van der Waals surface area contributed by atoms with Crippen LogP contribution in [0.3, 0.4) is 0 Å². The maximum absolute atomic E-state index is 12.6. The molecule has 2 aromatic heterocycles. The Bertz CT molecular complexity index is 1320. The molecule has 37 heavy (non-hydrogen) atoms. The summed E-state index contributed by atoms with van der Waals surface area (Å²) in [6, 6.07) is 7.46. The van der Waals surface area contributed by atoms with E-state index in [4.69, 9.17) is 9.84 Å². The van der Waals surface area contributed by atoms with Gasteiger partial charge in [-0.1, -0.05) is 6.08 Å². The van der Waals surface area contributed by atoms with Gasteiger partial charge in [0.05, 0.1) is 22.5 Å². The van der Waals surface area contributed by atoms with Gasteiger partial charge in [-0.3, -0.25) is 0 Å². The Labute approximate surface area is 212 Å². The third-order valence-electron chi connectivity index (χ3n) is 6.39. The van der Waals surface area contributed by atoms with Gasteiger partial charge in [0.2, 0.25) is 0 Å². The third kappa shape index (κ3) is 5.07. The Balaban J connectivity index is 1.49. The molecule has 0 unspecified atom stereocenters. The minimum atomic E-state index is -4.77. The van der Waals surface area contributed by atoms with Crippen molar-refractivity contribution in [3.63, 3.8) is 0 Å². The van der Waals surface area contributed by atoms with Gasteiger partial charge in [0.1, 0.15) is 11.4 Å². The van der Waals surface area contributed by atoms with Crippen molar-refractivity contribution >= 4 is 22.8 Å². The molecule has 11 heteroatoms. The van der Waals surface area contributed by atoms with Gasteiger partial charge in [0.25, 0.3) is 0 Å². The Hall–Kier alpha value is -3.76. The predicted molar refractivity (Wildman–Crippen MR) is 132 cm³/mol. The highest BCUT2D eigenvalue weighted by Crippen LogP contribution is 2.40. The number of carbonyl (C=O) groups is 1. The van der Waals surface area contributed by atoms with Crippen molar-refractivity contribution in [2.24, 2.45) is 5.92 Å². The van der Waals surface area contributed by atoms with E-state index >= 15 is 0 Å². The van der Waals surface area contributed by atoms with Crippen LogP contribution in [0.5, 0.6) is 5.75 Å². The SMILES string of the molecule is C=CC1CN(c2ccnc3c2c(C2CN(C(=O)OC(C)(C)C)C2)nn3-c2ccc(OC(F)(F)F)cc2)C1. The van der Waals surface area contributed by atoms with Crippen LogP contribution in [0, 0.1) is 5.92 Å². The minimum Gasteiger partial charge on any atom is -0.444 e. The van der Waals surface area contributed by atoms with Crippen LogP contribution >= 0.6 is 0 Å². The number of halogens is 3. The molecule has 0 aliphatic carbocycles. The number of hydrogen-bond acceptors (Lipinski definition) is 6. The Morgan fingerprint density at radius 1 is 1.08 bits per heavy atom. The van der Waals surface area contributed by atoms with E-state index in [2.05, 4.69) is 21.2 Å². The van der Waals surface area contributed by atoms with Crippen molar-refractivity contribution in [3.05, 3.63) is 54.9 Å². The van der Waals surface area contributed by atoms with Gasteiger partial charge < -0.3 is 19.3 Å².